The van der Waals surface area contributed by atoms with Gasteiger partial charge in [-0.3, -0.25) is 9.67 Å². The summed E-state index contributed by atoms with van der Waals surface area (Å²) >= 11 is 0. The Balaban J connectivity index is 1.86. The molecule has 0 spiro atoms. The highest BCUT2D eigenvalue weighted by molar-refractivity contribution is 5.74. The minimum absolute atomic E-state index is 0.0291. The van der Waals surface area contributed by atoms with Gasteiger partial charge in [0.1, 0.15) is 0 Å². The zero-order valence-electron chi connectivity index (χ0n) is 14.5. The van der Waals surface area contributed by atoms with E-state index in [1.54, 1.807) is 6.20 Å². The van der Waals surface area contributed by atoms with E-state index in [9.17, 15) is 4.79 Å². The number of aromatic nitrogens is 3. The quantitative estimate of drug-likeness (QED) is 0.888. The maximum absolute atomic E-state index is 12.0. The van der Waals surface area contributed by atoms with Crippen molar-refractivity contribution in [3.8, 4) is 0 Å². The van der Waals surface area contributed by atoms with E-state index >= 15 is 0 Å². The Morgan fingerprint density at radius 3 is 2.70 bits per heavy atom. The van der Waals surface area contributed by atoms with Crippen molar-refractivity contribution in [1.82, 2.24) is 25.4 Å². The van der Waals surface area contributed by atoms with Gasteiger partial charge in [0, 0.05) is 25.0 Å². The number of aryl methyl sites for hydroxylation is 3. The lowest BCUT2D eigenvalue weighted by atomic mass is 10.1. The topological polar surface area (TPSA) is 71.8 Å². The summed E-state index contributed by atoms with van der Waals surface area (Å²) in [7, 11) is 1.94. The molecule has 0 aromatic carbocycles. The molecule has 0 bridgehead atoms. The summed E-state index contributed by atoms with van der Waals surface area (Å²) in [6.07, 6.45) is 2.50. The molecule has 0 saturated carbocycles. The van der Waals surface area contributed by atoms with E-state index in [1.165, 1.54) is 5.56 Å². The van der Waals surface area contributed by atoms with Gasteiger partial charge in [0.25, 0.3) is 0 Å². The number of rotatable bonds is 5. The predicted octanol–water partition coefficient (Wildman–Crippen LogP) is 2.17. The third kappa shape index (κ3) is 4.31. The third-order valence-corrected chi connectivity index (χ3v) is 4.08. The van der Waals surface area contributed by atoms with Gasteiger partial charge in [0.05, 0.1) is 17.9 Å². The SMILES string of the molecule is Cc1cccnc1CNC(=O)N[C@H](C)Cc1c(C)nn(C)c1C. The summed E-state index contributed by atoms with van der Waals surface area (Å²) in [6, 6.07) is 3.72. The molecule has 6 heteroatoms. The minimum Gasteiger partial charge on any atom is -0.335 e. The van der Waals surface area contributed by atoms with Gasteiger partial charge in [-0.05, 0) is 51.3 Å². The molecule has 2 heterocycles. The Morgan fingerprint density at radius 1 is 1.35 bits per heavy atom. The molecule has 2 rings (SSSR count). The Kier molecular flexibility index (Phi) is 5.36. The average Bonchev–Trinajstić information content (AvgIpc) is 2.73. The highest BCUT2D eigenvalue weighted by atomic mass is 16.2. The van der Waals surface area contributed by atoms with Gasteiger partial charge >= 0.3 is 6.03 Å². The van der Waals surface area contributed by atoms with E-state index in [0.29, 0.717) is 6.54 Å². The van der Waals surface area contributed by atoms with Crippen molar-refractivity contribution in [2.75, 3.05) is 0 Å². The summed E-state index contributed by atoms with van der Waals surface area (Å²) in [5.74, 6) is 0. The van der Waals surface area contributed by atoms with Crippen molar-refractivity contribution >= 4 is 6.03 Å². The van der Waals surface area contributed by atoms with Crippen molar-refractivity contribution in [3.05, 3.63) is 46.5 Å². The monoisotopic (exact) mass is 315 g/mol. The van der Waals surface area contributed by atoms with Gasteiger partial charge < -0.3 is 10.6 Å². The van der Waals surface area contributed by atoms with Crippen LogP contribution >= 0.6 is 0 Å². The first kappa shape index (κ1) is 17.0. The fourth-order valence-electron chi connectivity index (χ4n) is 2.61. The number of hydrogen-bond acceptors (Lipinski definition) is 3. The van der Waals surface area contributed by atoms with Crippen molar-refractivity contribution in [2.24, 2.45) is 7.05 Å². The number of urea groups is 1. The fraction of sp³-hybridized carbons (Fsp3) is 0.471. The molecule has 0 aliphatic rings. The minimum atomic E-state index is -0.179. The van der Waals surface area contributed by atoms with E-state index < -0.39 is 0 Å². The van der Waals surface area contributed by atoms with Crippen molar-refractivity contribution in [1.29, 1.82) is 0 Å². The summed E-state index contributed by atoms with van der Waals surface area (Å²) in [6.45, 7) is 8.46. The molecule has 0 radical (unpaired) electrons. The van der Waals surface area contributed by atoms with Crippen molar-refractivity contribution in [3.63, 3.8) is 0 Å². The number of nitrogens with one attached hydrogen (secondary N) is 2. The van der Waals surface area contributed by atoms with Crippen molar-refractivity contribution < 1.29 is 4.79 Å². The van der Waals surface area contributed by atoms with Gasteiger partial charge in [-0.2, -0.15) is 5.10 Å². The number of nitrogens with zero attached hydrogens (tertiary/aromatic N) is 3. The number of pyridine rings is 1. The first-order valence-electron chi connectivity index (χ1n) is 7.82. The van der Waals surface area contributed by atoms with E-state index in [4.69, 9.17) is 0 Å². The Hall–Kier alpha value is -2.37. The Morgan fingerprint density at radius 2 is 2.09 bits per heavy atom. The van der Waals surface area contributed by atoms with Crippen molar-refractivity contribution in [2.45, 2.75) is 46.7 Å². The van der Waals surface area contributed by atoms with E-state index in [2.05, 4.69) is 20.7 Å². The van der Waals surface area contributed by atoms with Gasteiger partial charge in [-0.1, -0.05) is 6.07 Å². The molecule has 0 fully saturated rings. The largest absolute Gasteiger partial charge is 0.335 e. The molecular formula is C17H25N5O. The third-order valence-electron chi connectivity index (χ3n) is 4.08. The van der Waals surface area contributed by atoms with Crippen LogP contribution in [0.25, 0.3) is 0 Å². The van der Waals surface area contributed by atoms with Crippen LogP contribution < -0.4 is 10.6 Å². The van der Waals surface area contributed by atoms with Gasteiger partial charge in [-0.15, -0.1) is 0 Å². The molecule has 0 unspecified atom stereocenters. The smallest absolute Gasteiger partial charge is 0.315 e. The van der Waals surface area contributed by atoms with Crippen LogP contribution in [-0.4, -0.2) is 26.8 Å². The number of carbonyl (C=O) groups excluding carboxylic acids is 1. The lowest BCUT2D eigenvalue weighted by molar-refractivity contribution is 0.237. The molecule has 0 aliphatic heterocycles. The first-order chi connectivity index (χ1) is 10.9. The number of hydrogen-bond donors (Lipinski definition) is 2. The second-order valence-corrected chi connectivity index (χ2v) is 5.97. The van der Waals surface area contributed by atoms with Crippen LogP contribution in [0.5, 0.6) is 0 Å². The molecule has 0 saturated heterocycles. The second kappa shape index (κ2) is 7.26. The lowest BCUT2D eigenvalue weighted by Gasteiger charge is -2.15. The maximum Gasteiger partial charge on any atom is 0.315 e. The van der Waals surface area contributed by atoms with Crippen LogP contribution in [-0.2, 0) is 20.0 Å². The van der Waals surface area contributed by atoms with Gasteiger partial charge in [-0.25, -0.2) is 4.79 Å². The molecule has 1 atom stereocenters. The number of carbonyl (C=O) groups is 1. The molecule has 2 amide bonds. The van der Waals surface area contributed by atoms with Crippen LogP contribution in [0.15, 0.2) is 18.3 Å². The van der Waals surface area contributed by atoms with E-state index in [0.717, 1.165) is 29.1 Å². The first-order valence-corrected chi connectivity index (χ1v) is 7.82. The zero-order valence-corrected chi connectivity index (χ0v) is 14.5. The van der Waals surface area contributed by atoms with Crippen LogP contribution in [0.4, 0.5) is 4.79 Å². The highest BCUT2D eigenvalue weighted by Gasteiger charge is 2.14. The standard InChI is InChI=1S/C17H25N5O/c1-11-7-6-8-18-16(11)10-19-17(23)20-12(2)9-15-13(3)21-22(5)14(15)4/h6-8,12H,9-10H2,1-5H3,(H2,19,20,23)/t12-/m1/s1. The molecule has 124 valence electrons. The molecule has 2 aromatic heterocycles. The second-order valence-electron chi connectivity index (χ2n) is 5.97. The molecule has 2 N–H and O–H groups in total. The van der Waals surface area contributed by atoms with E-state index in [-0.39, 0.29) is 12.1 Å². The van der Waals surface area contributed by atoms with Crippen LogP contribution in [0, 0.1) is 20.8 Å². The molecular weight excluding hydrogens is 290 g/mol. The molecule has 0 aliphatic carbocycles. The molecule has 2 aromatic rings. The normalized spacial score (nSPS) is 12.0. The lowest BCUT2D eigenvalue weighted by Crippen LogP contribution is -2.41. The van der Waals surface area contributed by atoms with Crippen LogP contribution in [0.1, 0.15) is 35.1 Å². The molecule has 6 nitrogen and oxygen atoms in total. The zero-order chi connectivity index (χ0) is 17.0. The summed E-state index contributed by atoms with van der Waals surface area (Å²) in [5, 5.41) is 10.2. The maximum atomic E-state index is 12.0. The predicted molar refractivity (Wildman–Crippen MR) is 90.2 cm³/mol. The van der Waals surface area contributed by atoms with Crippen LogP contribution in [0.3, 0.4) is 0 Å². The average molecular weight is 315 g/mol. The Bertz CT molecular complexity index is 692. The molecule has 23 heavy (non-hydrogen) atoms. The van der Waals surface area contributed by atoms with E-state index in [1.807, 2.05) is 51.6 Å². The summed E-state index contributed by atoms with van der Waals surface area (Å²) < 4.78 is 1.88. The van der Waals surface area contributed by atoms with Gasteiger partial charge in [0.2, 0.25) is 0 Å². The number of amides is 2. The summed E-state index contributed by atoms with van der Waals surface area (Å²) in [4.78, 5) is 16.3. The summed E-state index contributed by atoms with van der Waals surface area (Å²) in [5.41, 5.74) is 5.31. The fourth-order valence-corrected chi connectivity index (χ4v) is 2.61. The van der Waals surface area contributed by atoms with Crippen LogP contribution in [0.2, 0.25) is 0 Å². The van der Waals surface area contributed by atoms with Gasteiger partial charge in [0.15, 0.2) is 0 Å². The Labute approximate surface area is 137 Å². The highest BCUT2D eigenvalue weighted by Crippen LogP contribution is 2.14.